The minimum Gasteiger partial charge on any atom is -0.221 e. The average molecular weight is 176 g/mol. The van der Waals surface area contributed by atoms with E-state index in [0.29, 0.717) is 0 Å². The summed E-state index contributed by atoms with van der Waals surface area (Å²) in [6.07, 6.45) is 2.54. The van der Waals surface area contributed by atoms with Crippen LogP contribution in [0.4, 0.5) is 0 Å². The smallest absolute Gasteiger partial charge is 0.221 e. The first-order valence-corrected chi connectivity index (χ1v) is 4.64. The minimum atomic E-state index is -3.21. The van der Waals surface area contributed by atoms with Gasteiger partial charge in [-0.05, 0) is 6.92 Å². The second kappa shape index (κ2) is 2.87. The maximum Gasteiger partial charge on any atom is 0.245 e. The molecule has 11 heavy (non-hydrogen) atoms. The number of aromatic nitrogens is 3. The number of nitrogens with one attached hydrogen (secondary N) is 1. The van der Waals surface area contributed by atoms with Crippen molar-refractivity contribution in [1.82, 2.24) is 14.9 Å². The first-order chi connectivity index (χ1) is 5.14. The van der Waals surface area contributed by atoms with Gasteiger partial charge in [-0.3, -0.25) is 0 Å². The van der Waals surface area contributed by atoms with Crippen LogP contribution in [0, 0.1) is 0 Å². The Hall–Kier alpha value is -1.11. The molecule has 0 aliphatic carbocycles. The van der Waals surface area contributed by atoms with Crippen LogP contribution in [-0.4, -0.2) is 29.0 Å². The van der Waals surface area contributed by atoms with Gasteiger partial charge in [0.1, 0.15) is 12.7 Å². The molecular weight excluding hydrogens is 168 g/mol. The molecule has 7 heteroatoms. The SMILES string of the molecule is CCS(=O)(=O)Nn1cnnc1. The summed E-state index contributed by atoms with van der Waals surface area (Å²) in [5, 5.41) is 6.85. The van der Waals surface area contributed by atoms with E-state index in [9.17, 15) is 8.42 Å². The molecule has 1 heterocycles. The Morgan fingerprint density at radius 2 is 2.00 bits per heavy atom. The monoisotopic (exact) mass is 176 g/mol. The van der Waals surface area contributed by atoms with Crippen LogP contribution in [0.15, 0.2) is 12.7 Å². The molecule has 0 unspecified atom stereocenters. The van der Waals surface area contributed by atoms with Gasteiger partial charge < -0.3 is 0 Å². The number of sulfonamides is 1. The molecule has 0 fully saturated rings. The fourth-order valence-corrected chi connectivity index (χ4v) is 1.02. The zero-order chi connectivity index (χ0) is 8.32. The van der Waals surface area contributed by atoms with E-state index in [4.69, 9.17) is 0 Å². The normalized spacial score (nSPS) is 11.4. The van der Waals surface area contributed by atoms with Crippen LogP contribution in [0.25, 0.3) is 0 Å². The van der Waals surface area contributed by atoms with Crippen molar-refractivity contribution in [2.45, 2.75) is 6.92 Å². The molecule has 0 bridgehead atoms. The molecule has 0 aliphatic rings. The van der Waals surface area contributed by atoms with Gasteiger partial charge in [-0.1, -0.05) is 0 Å². The van der Waals surface area contributed by atoms with Gasteiger partial charge in [-0.2, -0.15) is 0 Å². The van der Waals surface area contributed by atoms with Gasteiger partial charge in [-0.25, -0.2) is 17.9 Å². The Morgan fingerprint density at radius 1 is 1.45 bits per heavy atom. The van der Waals surface area contributed by atoms with E-state index in [1.54, 1.807) is 6.92 Å². The number of hydrogen-bond donors (Lipinski definition) is 1. The highest BCUT2D eigenvalue weighted by Gasteiger charge is 2.04. The van der Waals surface area contributed by atoms with Crippen molar-refractivity contribution in [3.05, 3.63) is 12.7 Å². The second-order valence-corrected chi connectivity index (χ2v) is 3.85. The van der Waals surface area contributed by atoms with Gasteiger partial charge in [0.15, 0.2) is 0 Å². The average Bonchev–Trinajstić information content (AvgIpc) is 2.39. The molecule has 0 saturated heterocycles. The summed E-state index contributed by atoms with van der Waals surface area (Å²) in [7, 11) is -3.21. The summed E-state index contributed by atoms with van der Waals surface area (Å²) >= 11 is 0. The molecule has 1 aromatic rings. The molecule has 1 aromatic heterocycles. The molecule has 0 saturated carbocycles. The predicted molar refractivity (Wildman–Crippen MR) is 38.8 cm³/mol. The van der Waals surface area contributed by atoms with Gasteiger partial charge >= 0.3 is 0 Å². The van der Waals surface area contributed by atoms with Crippen LogP contribution < -0.4 is 4.83 Å². The van der Waals surface area contributed by atoms with E-state index in [0.717, 1.165) is 0 Å². The lowest BCUT2D eigenvalue weighted by molar-refractivity contribution is 0.596. The van der Waals surface area contributed by atoms with Crippen molar-refractivity contribution in [2.75, 3.05) is 10.6 Å². The van der Waals surface area contributed by atoms with Gasteiger partial charge in [0, 0.05) is 0 Å². The molecular formula is C4H8N4O2S. The zero-order valence-corrected chi connectivity index (χ0v) is 6.74. The lowest BCUT2D eigenvalue weighted by Crippen LogP contribution is -2.23. The lowest BCUT2D eigenvalue weighted by atomic mass is 11.0. The summed E-state index contributed by atoms with van der Waals surface area (Å²) in [5.74, 6) is 0.0329. The third kappa shape index (κ3) is 2.19. The molecule has 0 aliphatic heterocycles. The van der Waals surface area contributed by atoms with Crippen LogP contribution in [0.1, 0.15) is 6.92 Å². The Balaban J connectivity index is 2.72. The van der Waals surface area contributed by atoms with Crippen LogP contribution in [0.5, 0.6) is 0 Å². The van der Waals surface area contributed by atoms with Crippen molar-refractivity contribution in [3.8, 4) is 0 Å². The third-order valence-corrected chi connectivity index (χ3v) is 2.29. The van der Waals surface area contributed by atoms with Crippen LogP contribution in [0.2, 0.25) is 0 Å². The van der Waals surface area contributed by atoms with Crippen molar-refractivity contribution < 1.29 is 8.42 Å². The Morgan fingerprint density at radius 3 is 2.45 bits per heavy atom. The van der Waals surface area contributed by atoms with Crippen LogP contribution >= 0.6 is 0 Å². The van der Waals surface area contributed by atoms with Crippen molar-refractivity contribution in [2.24, 2.45) is 0 Å². The molecule has 0 spiro atoms. The predicted octanol–water partition coefficient (Wildman–Crippen LogP) is -0.829. The lowest BCUT2D eigenvalue weighted by Gasteiger charge is -2.03. The van der Waals surface area contributed by atoms with Crippen molar-refractivity contribution >= 4 is 10.0 Å². The van der Waals surface area contributed by atoms with E-state index < -0.39 is 10.0 Å². The molecule has 62 valence electrons. The summed E-state index contributed by atoms with van der Waals surface area (Å²) in [6.45, 7) is 1.55. The molecule has 1 N–H and O–H groups in total. The quantitative estimate of drug-likeness (QED) is 0.652. The number of rotatable bonds is 3. The highest BCUT2D eigenvalue weighted by atomic mass is 32.2. The first-order valence-electron chi connectivity index (χ1n) is 2.99. The summed E-state index contributed by atoms with van der Waals surface area (Å²) in [4.78, 5) is 2.21. The van der Waals surface area contributed by atoms with E-state index in [1.165, 1.54) is 17.3 Å². The zero-order valence-electron chi connectivity index (χ0n) is 5.93. The standard InChI is InChI=1S/C4H8N4O2S/c1-2-11(9,10)7-8-3-5-6-4-8/h3-4,7H,2H2,1H3. The van der Waals surface area contributed by atoms with Crippen LogP contribution in [-0.2, 0) is 10.0 Å². The van der Waals surface area contributed by atoms with Crippen molar-refractivity contribution in [3.63, 3.8) is 0 Å². The Bertz CT molecular complexity index is 303. The number of hydrogen-bond acceptors (Lipinski definition) is 4. The molecule has 0 radical (unpaired) electrons. The van der Waals surface area contributed by atoms with E-state index in [2.05, 4.69) is 15.0 Å². The Kier molecular flexibility index (Phi) is 2.08. The van der Waals surface area contributed by atoms with E-state index >= 15 is 0 Å². The van der Waals surface area contributed by atoms with Crippen molar-refractivity contribution in [1.29, 1.82) is 0 Å². The van der Waals surface area contributed by atoms with Gasteiger partial charge in [0.25, 0.3) is 0 Å². The largest absolute Gasteiger partial charge is 0.245 e. The molecule has 1 rings (SSSR count). The fourth-order valence-electron chi connectivity index (χ4n) is 0.473. The minimum absolute atomic E-state index is 0.0329. The summed E-state index contributed by atoms with van der Waals surface area (Å²) < 4.78 is 22.9. The molecule has 0 amide bonds. The summed E-state index contributed by atoms with van der Waals surface area (Å²) in [5.41, 5.74) is 0. The van der Waals surface area contributed by atoms with Crippen LogP contribution in [0.3, 0.4) is 0 Å². The van der Waals surface area contributed by atoms with Gasteiger partial charge in [-0.15, -0.1) is 10.2 Å². The maximum atomic E-state index is 10.9. The van der Waals surface area contributed by atoms with E-state index in [-0.39, 0.29) is 5.75 Å². The maximum absolute atomic E-state index is 10.9. The number of nitrogens with zero attached hydrogens (tertiary/aromatic N) is 3. The van der Waals surface area contributed by atoms with Gasteiger partial charge in [0.2, 0.25) is 10.0 Å². The third-order valence-electron chi connectivity index (χ3n) is 1.04. The second-order valence-electron chi connectivity index (χ2n) is 1.86. The first kappa shape index (κ1) is 7.99. The Labute approximate surface area is 64.3 Å². The van der Waals surface area contributed by atoms with Gasteiger partial charge in [0.05, 0.1) is 5.75 Å². The highest BCUT2D eigenvalue weighted by Crippen LogP contribution is 1.85. The molecule has 6 nitrogen and oxygen atoms in total. The molecule has 0 aromatic carbocycles. The highest BCUT2D eigenvalue weighted by molar-refractivity contribution is 7.92. The fraction of sp³-hybridized carbons (Fsp3) is 0.500. The topological polar surface area (TPSA) is 76.9 Å². The summed E-state index contributed by atoms with van der Waals surface area (Å²) in [6, 6.07) is 0. The molecule has 0 atom stereocenters. The van der Waals surface area contributed by atoms with E-state index in [1.807, 2.05) is 0 Å².